The lowest BCUT2D eigenvalue weighted by molar-refractivity contribution is -0.119. The van der Waals surface area contributed by atoms with Crippen molar-refractivity contribution in [3.05, 3.63) is 64.7 Å². The molecule has 4 heteroatoms. The van der Waals surface area contributed by atoms with Crippen LogP contribution in [0.5, 0.6) is 0 Å². The van der Waals surface area contributed by atoms with E-state index in [2.05, 4.69) is 36.1 Å². The molecular weight excluding hydrogens is 320 g/mol. The summed E-state index contributed by atoms with van der Waals surface area (Å²) in [6.07, 6.45) is 3.02. The molecule has 3 nitrogen and oxygen atoms in total. The van der Waals surface area contributed by atoms with E-state index in [1.165, 1.54) is 11.1 Å². The van der Waals surface area contributed by atoms with Gasteiger partial charge in [0.2, 0.25) is 5.91 Å². The van der Waals surface area contributed by atoms with Gasteiger partial charge in [-0.3, -0.25) is 14.6 Å². The number of hydrogen-bond acceptors (Lipinski definition) is 2. The zero-order valence-electron chi connectivity index (χ0n) is 13.8. The summed E-state index contributed by atoms with van der Waals surface area (Å²) in [5.74, 6) is 0.194. The maximum absolute atomic E-state index is 13.0. The molecule has 2 unspecified atom stereocenters. The lowest BCUT2D eigenvalue weighted by Gasteiger charge is -2.30. The van der Waals surface area contributed by atoms with Crippen LogP contribution >= 0.6 is 11.6 Å². The molecule has 0 radical (unpaired) electrons. The first-order valence-electron chi connectivity index (χ1n) is 8.62. The first-order valence-corrected chi connectivity index (χ1v) is 9.00. The highest BCUT2D eigenvalue weighted by Gasteiger charge is 2.49. The highest BCUT2D eigenvalue weighted by molar-refractivity contribution is 6.31. The molecule has 2 aromatic rings. The second-order valence-electron chi connectivity index (χ2n) is 6.55. The Morgan fingerprint density at radius 1 is 1.17 bits per heavy atom. The van der Waals surface area contributed by atoms with Gasteiger partial charge in [-0.15, -0.1) is 0 Å². The fraction of sp³-hybridized carbons (Fsp3) is 0.350. The summed E-state index contributed by atoms with van der Waals surface area (Å²) < 4.78 is 0. The molecule has 0 aromatic heterocycles. The van der Waals surface area contributed by atoms with Crippen LogP contribution in [0.15, 0.2) is 48.5 Å². The maximum Gasteiger partial charge on any atom is 0.246 e. The van der Waals surface area contributed by atoms with Crippen LogP contribution in [0.1, 0.15) is 37.1 Å². The van der Waals surface area contributed by atoms with E-state index in [0.29, 0.717) is 5.02 Å². The number of amides is 1. The Labute approximate surface area is 147 Å². The van der Waals surface area contributed by atoms with E-state index in [1.54, 1.807) is 0 Å². The number of carbonyl (C=O) groups is 1. The smallest absolute Gasteiger partial charge is 0.246 e. The number of carbonyl (C=O) groups excluding carboxylic acids is 1. The molecule has 2 saturated heterocycles. The molecule has 0 saturated carbocycles. The van der Waals surface area contributed by atoms with Crippen molar-refractivity contribution < 1.29 is 4.79 Å². The number of fused-ring (bicyclic) bond motifs is 1. The van der Waals surface area contributed by atoms with Gasteiger partial charge in [-0.05, 0) is 48.6 Å². The molecule has 2 fully saturated rings. The Morgan fingerprint density at radius 2 is 1.96 bits per heavy atom. The topological polar surface area (TPSA) is 23.6 Å². The van der Waals surface area contributed by atoms with Gasteiger partial charge < -0.3 is 0 Å². The van der Waals surface area contributed by atoms with Crippen LogP contribution in [0.4, 0.5) is 5.69 Å². The number of anilines is 1. The minimum Gasteiger partial charge on any atom is -0.290 e. The number of hydrogen-bond donors (Lipinski definition) is 0. The van der Waals surface area contributed by atoms with Crippen LogP contribution in [0.3, 0.4) is 0 Å². The van der Waals surface area contributed by atoms with Crippen molar-refractivity contribution in [2.45, 2.75) is 38.4 Å². The third-order valence-corrected chi connectivity index (χ3v) is 5.38. The van der Waals surface area contributed by atoms with E-state index >= 15 is 0 Å². The van der Waals surface area contributed by atoms with Gasteiger partial charge in [-0.25, -0.2) is 0 Å². The van der Waals surface area contributed by atoms with Crippen molar-refractivity contribution in [3.63, 3.8) is 0 Å². The molecule has 4 rings (SSSR count). The molecule has 124 valence electrons. The van der Waals surface area contributed by atoms with Crippen molar-refractivity contribution in [1.29, 1.82) is 0 Å². The first kappa shape index (κ1) is 15.7. The summed E-state index contributed by atoms with van der Waals surface area (Å²) in [4.78, 5) is 17.3. The first-order chi connectivity index (χ1) is 11.7. The average Bonchev–Trinajstić information content (AvgIpc) is 3.17. The summed E-state index contributed by atoms with van der Waals surface area (Å²) in [7, 11) is 0. The predicted octanol–water partition coefficient (Wildman–Crippen LogP) is 4.41. The summed E-state index contributed by atoms with van der Waals surface area (Å²) in [5, 5.41) is 0.660. The molecule has 2 aliphatic heterocycles. The zero-order valence-corrected chi connectivity index (χ0v) is 14.5. The van der Waals surface area contributed by atoms with Crippen LogP contribution < -0.4 is 4.90 Å². The Hall–Kier alpha value is -1.84. The second kappa shape index (κ2) is 6.23. The number of nitrogens with zero attached hydrogens (tertiary/aromatic N) is 2. The molecule has 0 bridgehead atoms. The van der Waals surface area contributed by atoms with Gasteiger partial charge in [0.05, 0.1) is 6.04 Å². The summed E-state index contributed by atoms with van der Waals surface area (Å²) in [6.45, 7) is 3.12. The van der Waals surface area contributed by atoms with Gasteiger partial charge in [-0.1, -0.05) is 48.9 Å². The Bertz CT molecular complexity index is 758. The van der Waals surface area contributed by atoms with E-state index < -0.39 is 0 Å². The van der Waals surface area contributed by atoms with Crippen molar-refractivity contribution in [2.24, 2.45) is 0 Å². The van der Waals surface area contributed by atoms with Crippen LogP contribution in [0.25, 0.3) is 0 Å². The highest BCUT2D eigenvalue weighted by atomic mass is 35.5. The molecule has 2 atom stereocenters. The number of rotatable bonds is 3. The average molecular weight is 341 g/mol. The van der Waals surface area contributed by atoms with E-state index in [-0.39, 0.29) is 18.1 Å². The van der Waals surface area contributed by atoms with Crippen molar-refractivity contribution >= 4 is 23.2 Å². The van der Waals surface area contributed by atoms with Crippen LogP contribution in [0.2, 0.25) is 5.02 Å². The van der Waals surface area contributed by atoms with E-state index in [4.69, 9.17) is 11.6 Å². The molecular formula is C20H21ClN2O. The number of benzene rings is 2. The fourth-order valence-corrected chi connectivity index (χ4v) is 4.12. The zero-order chi connectivity index (χ0) is 16.7. The molecule has 1 amide bonds. The van der Waals surface area contributed by atoms with Gasteiger partial charge in [0.25, 0.3) is 0 Å². The largest absolute Gasteiger partial charge is 0.290 e. The second-order valence-corrected chi connectivity index (χ2v) is 6.99. The fourth-order valence-electron chi connectivity index (χ4n) is 3.94. The monoisotopic (exact) mass is 340 g/mol. The van der Waals surface area contributed by atoms with Crippen LogP contribution in [-0.2, 0) is 11.2 Å². The minimum absolute atomic E-state index is 0.000154. The van der Waals surface area contributed by atoms with Crippen LogP contribution in [-0.4, -0.2) is 23.4 Å². The van der Waals surface area contributed by atoms with Gasteiger partial charge in [-0.2, -0.15) is 0 Å². The summed E-state index contributed by atoms with van der Waals surface area (Å²) >= 11 is 6.17. The van der Waals surface area contributed by atoms with Crippen molar-refractivity contribution in [1.82, 2.24) is 4.90 Å². The number of halogens is 1. The summed E-state index contributed by atoms with van der Waals surface area (Å²) in [6, 6.07) is 16.3. The van der Waals surface area contributed by atoms with Gasteiger partial charge in [0.15, 0.2) is 0 Å². The molecule has 0 N–H and O–H groups in total. The minimum atomic E-state index is -0.0330. The lowest BCUT2D eigenvalue weighted by Crippen LogP contribution is -2.32. The molecule has 0 spiro atoms. The van der Waals surface area contributed by atoms with Crippen molar-refractivity contribution in [2.75, 3.05) is 11.4 Å². The van der Waals surface area contributed by atoms with Gasteiger partial charge in [0.1, 0.15) is 6.17 Å². The third kappa shape index (κ3) is 2.52. The number of aryl methyl sites for hydroxylation is 1. The Kier molecular flexibility index (Phi) is 4.07. The lowest BCUT2D eigenvalue weighted by atomic mass is 10.1. The Morgan fingerprint density at radius 3 is 2.67 bits per heavy atom. The van der Waals surface area contributed by atoms with Gasteiger partial charge >= 0.3 is 0 Å². The maximum atomic E-state index is 13.0. The third-order valence-electron chi connectivity index (χ3n) is 5.15. The van der Waals surface area contributed by atoms with E-state index in [9.17, 15) is 4.79 Å². The summed E-state index contributed by atoms with van der Waals surface area (Å²) in [5.41, 5.74) is 3.37. The van der Waals surface area contributed by atoms with E-state index in [0.717, 1.165) is 31.5 Å². The molecule has 2 aliphatic rings. The Balaban J connectivity index is 1.78. The highest BCUT2D eigenvalue weighted by Crippen LogP contribution is 2.42. The van der Waals surface area contributed by atoms with E-state index in [1.807, 2.05) is 29.2 Å². The predicted molar refractivity (Wildman–Crippen MR) is 97.2 cm³/mol. The SMILES string of the molecule is CCc1ccc(C2N(c3cccc(Cl)c3)C(=O)C3CCCN32)cc1. The molecule has 0 aliphatic carbocycles. The molecule has 2 aromatic carbocycles. The standard InChI is InChI=1S/C20H21ClN2O/c1-2-14-8-10-15(11-9-14)19-22-12-4-7-18(22)20(24)23(19)17-6-3-5-16(21)13-17/h3,5-6,8-11,13,18-19H,2,4,7,12H2,1H3. The quantitative estimate of drug-likeness (QED) is 0.826. The normalized spacial score (nSPS) is 23.8. The van der Waals surface area contributed by atoms with Crippen molar-refractivity contribution in [3.8, 4) is 0 Å². The molecule has 24 heavy (non-hydrogen) atoms. The van der Waals surface area contributed by atoms with Gasteiger partial charge in [0, 0.05) is 17.3 Å². The van der Waals surface area contributed by atoms with Crippen LogP contribution in [0, 0.1) is 0 Å². The molecule has 2 heterocycles.